The maximum Gasteiger partial charge on any atom is 0.332 e. The highest BCUT2D eigenvalue weighted by atomic mass is 19.2. The molecule has 0 saturated carbocycles. The predicted molar refractivity (Wildman–Crippen MR) is 32.0 cm³/mol. The van der Waals surface area contributed by atoms with E-state index in [1.165, 1.54) is 0 Å². The van der Waals surface area contributed by atoms with Crippen LogP contribution < -0.4 is 0 Å². The lowest BCUT2D eigenvalue weighted by molar-refractivity contribution is -0.147. The second-order valence-corrected chi connectivity index (χ2v) is 1.97. The van der Waals surface area contributed by atoms with Crippen LogP contribution in [0.15, 0.2) is 0 Å². The van der Waals surface area contributed by atoms with Crippen molar-refractivity contribution >= 4 is 5.97 Å². The van der Waals surface area contributed by atoms with E-state index in [4.69, 9.17) is 10.2 Å². The number of aliphatic carboxylic acids is 1. The van der Waals surface area contributed by atoms with E-state index in [0.717, 1.165) is 7.05 Å². The van der Waals surface area contributed by atoms with Crippen LogP contribution in [-0.2, 0) is 4.79 Å². The lowest BCUT2D eigenvalue weighted by Gasteiger charge is -2.06. The fourth-order valence-electron chi connectivity index (χ4n) is 0.424. The SMILES string of the molecule is CN(F)CCC(O)C(=O)O. The van der Waals surface area contributed by atoms with Gasteiger partial charge in [-0.15, -0.1) is 9.60 Å². The number of rotatable bonds is 4. The third kappa shape index (κ3) is 4.22. The van der Waals surface area contributed by atoms with Crippen LogP contribution in [0.5, 0.6) is 0 Å². The number of carboxylic acid groups (broad SMARTS) is 1. The van der Waals surface area contributed by atoms with Gasteiger partial charge >= 0.3 is 5.97 Å². The molecule has 0 fully saturated rings. The van der Waals surface area contributed by atoms with Gasteiger partial charge in [-0.2, -0.15) is 0 Å². The van der Waals surface area contributed by atoms with Crippen molar-refractivity contribution in [2.75, 3.05) is 13.6 Å². The Bertz CT molecular complexity index is 117. The zero-order chi connectivity index (χ0) is 8.15. The number of hydrogen-bond acceptors (Lipinski definition) is 3. The van der Waals surface area contributed by atoms with E-state index in [9.17, 15) is 9.28 Å². The quantitative estimate of drug-likeness (QED) is 0.538. The Morgan fingerprint density at radius 3 is 2.60 bits per heavy atom. The minimum absolute atomic E-state index is 0.0759. The second kappa shape index (κ2) is 4.19. The molecule has 4 nitrogen and oxygen atoms in total. The Labute approximate surface area is 57.8 Å². The predicted octanol–water partition coefficient (Wildman–Crippen LogP) is -0.362. The summed E-state index contributed by atoms with van der Waals surface area (Å²) in [7, 11) is 1.16. The molecule has 0 radical (unpaired) electrons. The highest BCUT2D eigenvalue weighted by molar-refractivity contribution is 5.71. The first-order valence-electron chi connectivity index (χ1n) is 2.82. The molecule has 0 aliphatic carbocycles. The number of aliphatic hydroxyl groups is 1. The van der Waals surface area contributed by atoms with Crippen molar-refractivity contribution in [1.82, 2.24) is 5.12 Å². The first kappa shape index (κ1) is 9.32. The van der Waals surface area contributed by atoms with E-state index < -0.39 is 12.1 Å². The van der Waals surface area contributed by atoms with Gasteiger partial charge in [0.15, 0.2) is 6.10 Å². The van der Waals surface area contributed by atoms with Crippen molar-refractivity contribution in [3.8, 4) is 0 Å². The summed E-state index contributed by atoms with van der Waals surface area (Å²) in [6.45, 7) is -0.0759. The molecular formula is C5H10FNO3. The Balaban J connectivity index is 3.40. The van der Waals surface area contributed by atoms with Gasteiger partial charge in [0.25, 0.3) is 0 Å². The van der Waals surface area contributed by atoms with E-state index in [-0.39, 0.29) is 13.0 Å². The first-order valence-corrected chi connectivity index (χ1v) is 2.82. The average Bonchev–Trinajstić information content (AvgIpc) is 1.82. The molecule has 0 aromatic heterocycles. The molecule has 0 aromatic carbocycles. The lowest BCUT2D eigenvalue weighted by Crippen LogP contribution is -2.24. The second-order valence-electron chi connectivity index (χ2n) is 1.97. The summed E-state index contributed by atoms with van der Waals surface area (Å²) in [6.07, 6.45) is -1.55. The molecule has 0 aromatic rings. The van der Waals surface area contributed by atoms with Crippen LogP contribution in [0.4, 0.5) is 4.48 Å². The zero-order valence-electron chi connectivity index (χ0n) is 5.62. The maximum absolute atomic E-state index is 11.9. The van der Waals surface area contributed by atoms with Gasteiger partial charge < -0.3 is 10.2 Å². The summed E-state index contributed by atoms with van der Waals surface area (Å²) < 4.78 is 11.9. The van der Waals surface area contributed by atoms with Crippen LogP contribution in [0.25, 0.3) is 0 Å². The van der Waals surface area contributed by atoms with Crippen LogP contribution in [0.3, 0.4) is 0 Å². The van der Waals surface area contributed by atoms with Crippen LogP contribution in [0.1, 0.15) is 6.42 Å². The van der Waals surface area contributed by atoms with Crippen molar-refractivity contribution in [2.45, 2.75) is 12.5 Å². The van der Waals surface area contributed by atoms with E-state index in [1.54, 1.807) is 0 Å². The van der Waals surface area contributed by atoms with Crippen LogP contribution in [0.2, 0.25) is 0 Å². The number of nitrogens with zero attached hydrogens (tertiary/aromatic N) is 1. The number of carboxylic acids is 1. The molecule has 0 rings (SSSR count). The molecule has 2 N–H and O–H groups in total. The summed E-state index contributed by atoms with van der Waals surface area (Å²) in [6, 6.07) is 0. The molecule has 0 aliphatic heterocycles. The van der Waals surface area contributed by atoms with Crippen LogP contribution >= 0.6 is 0 Å². The molecule has 0 aliphatic rings. The monoisotopic (exact) mass is 151 g/mol. The zero-order valence-corrected chi connectivity index (χ0v) is 5.62. The van der Waals surface area contributed by atoms with Crippen LogP contribution in [0, 0.1) is 0 Å². The first-order chi connectivity index (χ1) is 4.54. The third-order valence-electron chi connectivity index (χ3n) is 0.996. The smallest absolute Gasteiger partial charge is 0.332 e. The van der Waals surface area contributed by atoms with E-state index in [0.29, 0.717) is 5.12 Å². The molecular weight excluding hydrogens is 141 g/mol. The molecule has 0 spiro atoms. The summed E-state index contributed by atoms with van der Waals surface area (Å²) in [4.78, 5) is 9.92. The number of carbonyl (C=O) groups is 1. The topological polar surface area (TPSA) is 60.8 Å². The van der Waals surface area contributed by atoms with Gasteiger partial charge in [-0.05, 0) is 6.42 Å². The van der Waals surface area contributed by atoms with Gasteiger partial charge in [0.1, 0.15) is 0 Å². The van der Waals surface area contributed by atoms with Gasteiger partial charge in [0.05, 0.1) is 0 Å². The Morgan fingerprint density at radius 2 is 2.30 bits per heavy atom. The molecule has 0 heterocycles. The highest BCUT2D eigenvalue weighted by Crippen LogP contribution is 1.93. The number of aliphatic hydroxyl groups excluding tert-OH is 1. The lowest BCUT2D eigenvalue weighted by atomic mass is 10.2. The average molecular weight is 151 g/mol. The minimum Gasteiger partial charge on any atom is -0.479 e. The van der Waals surface area contributed by atoms with Crippen LogP contribution in [-0.4, -0.2) is 41.0 Å². The molecule has 60 valence electrons. The van der Waals surface area contributed by atoms with E-state index in [2.05, 4.69) is 0 Å². The normalized spacial score (nSPS) is 13.6. The van der Waals surface area contributed by atoms with Gasteiger partial charge in [-0.25, -0.2) is 4.79 Å². The largest absolute Gasteiger partial charge is 0.479 e. The minimum atomic E-state index is -1.46. The Kier molecular flexibility index (Phi) is 3.90. The molecule has 0 bridgehead atoms. The van der Waals surface area contributed by atoms with Gasteiger partial charge in [-0.1, -0.05) is 0 Å². The maximum atomic E-state index is 11.9. The number of hydrogen-bond donors (Lipinski definition) is 2. The number of halogens is 1. The Morgan fingerprint density at radius 1 is 1.80 bits per heavy atom. The molecule has 5 heteroatoms. The standard InChI is InChI=1S/C5H10FNO3/c1-7(6)3-2-4(8)5(9)10/h4,8H,2-3H2,1H3,(H,9,10). The van der Waals surface area contributed by atoms with Crippen molar-refractivity contribution in [3.63, 3.8) is 0 Å². The molecule has 10 heavy (non-hydrogen) atoms. The van der Waals surface area contributed by atoms with Crippen molar-refractivity contribution < 1.29 is 19.5 Å². The fourth-order valence-corrected chi connectivity index (χ4v) is 0.424. The third-order valence-corrected chi connectivity index (χ3v) is 0.996. The molecule has 1 atom stereocenters. The van der Waals surface area contributed by atoms with Crippen molar-refractivity contribution in [2.24, 2.45) is 0 Å². The summed E-state index contributed by atoms with van der Waals surface area (Å²) in [5.41, 5.74) is 0. The highest BCUT2D eigenvalue weighted by Gasteiger charge is 2.12. The molecule has 0 saturated heterocycles. The van der Waals surface area contributed by atoms with E-state index in [1.807, 2.05) is 0 Å². The van der Waals surface area contributed by atoms with Crippen molar-refractivity contribution in [1.29, 1.82) is 0 Å². The summed E-state index contributed by atoms with van der Waals surface area (Å²) in [5.74, 6) is -1.32. The fraction of sp³-hybridized carbons (Fsp3) is 0.800. The van der Waals surface area contributed by atoms with Crippen molar-refractivity contribution in [3.05, 3.63) is 0 Å². The van der Waals surface area contributed by atoms with Gasteiger partial charge in [0.2, 0.25) is 0 Å². The summed E-state index contributed by atoms with van der Waals surface area (Å²) >= 11 is 0. The summed E-state index contributed by atoms with van der Waals surface area (Å²) in [5, 5.41) is 17.0. The molecule has 1 unspecified atom stereocenters. The molecule has 0 amide bonds. The van der Waals surface area contributed by atoms with E-state index >= 15 is 0 Å². The Hall–Kier alpha value is -0.680. The van der Waals surface area contributed by atoms with Gasteiger partial charge in [-0.3, -0.25) is 0 Å². The van der Waals surface area contributed by atoms with Gasteiger partial charge in [0, 0.05) is 13.6 Å².